The highest BCUT2D eigenvalue weighted by Gasteiger charge is 2.28. The fourth-order valence-electron chi connectivity index (χ4n) is 3.72. The van der Waals surface area contributed by atoms with Crippen molar-refractivity contribution in [2.45, 2.75) is 42.8 Å². The zero-order valence-corrected chi connectivity index (χ0v) is 20.4. The second-order valence-electron chi connectivity index (χ2n) is 8.23. The van der Waals surface area contributed by atoms with Gasteiger partial charge in [-0.15, -0.1) is 10.6 Å². The van der Waals surface area contributed by atoms with Crippen molar-refractivity contribution >= 4 is 49.0 Å². The number of methoxy groups -OCH3 is 1. The molecule has 0 spiro atoms. The molecule has 2 aliphatic carbocycles. The number of pyridine rings is 1. The molecule has 2 heterocycles. The molecule has 12 heteroatoms. The van der Waals surface area contributed by atoms with Crippen LogP contribution in [0.2, 0.25) is 0 Å². The lowest BCUT2D eigenvalue weighted by Gasteiger charge is -2.30. The van der Waals surface area contributed by atoms with E-state index in [9.17, 15) is 19.0 Å². The van der Waals surface area contributed by atoms with Crippen molar-refractivity contribution in [1.29, 1.82) is 0 Å². The Morgan fingerprint density at radius 2 is 1.94 bits per heavy atom. The molecule has 184 valence electrons. The summed E-state index contributed by atoms with van der Waals surface area (Å²) in [5.41, 5.74) is 1.06. The molecule has 4 N–H and O–H groups in total. The molecule has 1 saturated carbocycles. The Morgan fingerprint density at radius 1 is 1.17 bits per heavy atom. The molecule has 2 aliphatic rings. The third kappa shape index (κ3) is 5.16. The van der Waals surface area contributed by atoms with Gasteiger partial charge in [-0.25, -0.2) is 9.97 Å². The van der Waals surface area contributed by atoms with Gasteiger partial charge in [0.15, 0.2) is 10.8 Å². The minimum absolute atomic E-state index is 0.00449. The lowest BCUT2D eigenvalue weighted by Crippen LogP contribution is -2.25. The molecule has 1 aromatic carbocycles. The Morgan fingerprint density at radius 3 is 2.60 bits per heavy atom. The van der Waals surface area contributed by atoms with E-state index in [1.54, 1.807) is 42.5 Å². The van der Waals surface area contributed by atoms with Crippen LogP contribution in [0.5, 0.6) is 5.88 Å². The number of oxime groups is 1. The topological polar surface area (TPSA) is 146 Å². The van der Waals surface area contributed by atoms with Crippen LogP contribution in [0.25, 0.3) is 10.3 Å². The van der Waals surface area contributed by atoms with Gasteiger partial charge in [0.25, 0.3) is 5.91 Å². The number of hydrogen-bond donors (Lipinski definition) is 4. The SMILES string of the molecule is COc1ccc2nc(NC(=O)C(=NO[C@@H]3CC[C@@H](O)C3)c3ccc(S(O)(O)C4=CC4)cc3)sc2n1. The van der Waals surface area contributed by atoms with Crippen molar-refractivity contribution in [3.8, 4) is 5.88 Å². The number of anilines is 1. The molecule has 1 amide bonds. The number of carbonyl (C=O) groups excluding carboxylic acids is 1. The van der Waals surface area contributed by atoms with E-state index >= 15 is 0 Å². The second kappa shape index (κ2) is 9.55. The van der Waals surface area contributed by atoms with Crippen molar-refractivity contribution in [3.63, 3.8) is 0 Å². The average Bonchev–Trinajstić information content (AvgIpc) is 3.52. The van der Waals surface area contributed by atoms with Crippen molar-refractivity contribution in [1.82, 2.24) is 9.97 Å². The van der Waals surface area contributed by atoms with Gasteiger partial charge in [0, 0.05) is 29.4 Å². The summed E-state index contributed by atoms with van der Waals surface area (Å²) in [4.78, 5) is 29.1. The van der Waals surface area contributed by atoms with Gasteiger partial charge >= 0.3 is 0 Å². The van der Waals surface area contributed by atoms with Gasteiger partial charge in [-0.1, -0.05) is 34.7 Å². The predicted molar refractivity (Wildman–Crippen MR) is 134 cm³/mol. The summed E-state index contributed by atoms with van der Waals surface area (Å²) in [6, 6.07) is 9.78. The van der Waals surface area contributed by atoms with Crippen LogP contribution in [0.3, 0.4) is 0 Å². The molecule has 35 heavy (non-hydrogen) atoms. The van der Waals surface area contributed by atoms with E-state index in [0.29, 0.717) is 62.4 Å². The molecule has 0 bridgehead atoms. The first kappa shape index (κ1) is 23.7. The highest BCUT2D eigenvalue weighted by atomic mass is 32.3. The van der Waals surface area contributed by atoms with E-state index in [2.05, 4.69) is 20.4 Å². The molecular weight excluding hydrogens is 492 g/mol. The minimum Gasteiger partial charge on any atom is -0.481 e. The highest BCUT2D eigenvalue weighted by molar-refractivity contribution is 8.27. The number of allylic oxidation sites excluding steroid dienone is 2. The largest absolute Gasteiger partial charge is 0.481 e. The number of aromatic nitrogens is 2. The molecule has 10 nitrogen and oxygen atoms in total. The molecular formula is C23H24N4O6S2. The maximum Gasteiger partial charge on any atom is 0.280 e. The summed E-state index contributed by atoms with van der Waals surface area (Å²) in [5, 5.41) is 17.0. The summed E-state index contributed by atoms with van der Waals surface area (Å²) in [7, 11) is -1.47. The summed E-state index contributed by atoms with van der Waals surface area (Å²) >= 11 is 1.20. The van der Waals surface area contributed by atoms with Gasteiger partial charge < -0.3 is 14.7 Å². The van der Waals surface area contributed by atoms with Gasteiger partial charge in [-0.3, -0.25) is 19.2 Å². The molecule has 0 saturated heterocycles. The van der Waals surface area contributed by atoms with E-state index < -0.39 is 22.6 Å². The van der Waals surface area contributed by atoms with Crippen LogP contribution in [-0.2, 0) is 9.63 Å². The average molecular weight is 517 g/mol. The molecule has 0 unspecified atom stereocenters. The normalized spacial score (nSPS) is 20.5. The number of benzene rings is 1. The summed E-state index contributed by atoms with van der Waals surface area (Å²) in [5.74, 6) is -0.0970. The number of aliphatic hydroxyl groups excluding tert-OH is 1. The molecule has 0 aliphatic heterocycles. The highest BCUT2D eigenvalue weighted by Crippen LogP contribution is 2.61. The lowest BCUT2D eigenvalue weighted by molar-refractivity contribution is -0.110. The Balaban J connectivity index is 1.40. The number of nitrogens with one attached hydrogen (secondary N) is 1. The van der Waals surface area contributed by atoms with E-state index in [4.69, 9.17) is 9.57 Å². The molecule has 2 atom stereocenters. The fraction of sp³-hybridized carbons (Fsp3) is 0.304. The minimum atomic E-state index is -2.99. The van der Waals surface area contributed by atoms with Crippen molar-refractivity contribution in [2.75, 3.05) is 12.4 Å². The van der Waals surface area contributed by atoms with Gasteiger partial charge in [0.2, 0.25) is 5.88 Å². The molecule has 5 rings (SSSR count). The Bertz CT molecular complexity index is 1320. The van der Waals surface area contributed by atoms with Gasteiger partial charge in [-0.2, -0.15) is 0 Å². The number of aliphatic hydroxyl groups is 1. The standard InChI is InChI=1S/C23H24N4O6S2/c1-32-19-11-10-18-22(25-19)34-23(24-18)26-21(29)20(27-33-15-5-4-14(28)12-15)13-2-6-16(7-3-13)35(30,31)17-8-9-17/h2-3,6-8,10-11,14-15,28,30-31H,4-5,9,12H2,1H3,(H,24,26,29)/t14-,15-/m1/s1. The van der Waals surface area contributed by atoms with Crippen LogP contribution in [0.4, 0.5) is 5.13 Å². The third-order valence-corrected chi connectivity index (χ3v) is 8.59. The van der Waals surface area contributed by atoms with E-state index in [1.165, 1.54) is 18.4 Å². The molecule has 2 aromatic heterocycles. The molecule has 1 fully saturated rings. The molecule has 3 aromatic rings. The maximum absolute atomic E-state index is 13.2. The predicted octanol–water partition coefficient (Wildman–Crippen LogP) is 4.37. The van der Waals surface area contributed by atoms with E-state index in [-0.39, 0.29) is 11.8 Å². The van der Waals surface area contributed by atoms with Crippen LogP contribution >= 0.6 is 21.9 Å². The van der Waals surface area contributed by atoms with Crippen LogP contribution in [-0.4, -0.2) is 55.1 Å². The van der Waals surface area contributed by atoms with E-state index in [1.807, 2.05) is 0 Å². The van der Waals surface area contributed by atoms with Crippen molar-refractivity contribution in [3.05, 3.63) is 52.9 Å². The second-order valence-corrected chi connectivity index (χ2v) is 11.3. The number of rotatable bonds is 8. The number of ether oxygens (including phenoxy) is 1. The first-order valence-electron chi connectivity index (χ1n) is 11.0. The Kier molecular flexibility index (Phi) is 6.47. The molecule has 0 radical (unpaired) electrons. The van der Waals surface area contributed by atoms with Crippen LogP contribution in [0.1, 0.15) is 31.2 Å². The van der Waals surface area contributed by atoms with E-state index in [0.717, 1.165) is 0 Å². The number of thiazole rings is 1. The first-order valence-corrected chi connectivity index (χ1v) is 13.3. The number of hydrogen-bond acceptors (Lipinski definition) is 10. The van der Waals surface area contributed by atoms with Gasteiger partial charge in [0.1, 0.15) is 16.5 Å². The zero-order valence-electron chi connectivity index (χ0n) is 18.7. The van der Waals surface area contributed by atoms with Crippen LogP contribution in [0.15, 0.2) is 57.4 Å². The summed E-state index contributed by atoms with van der Waals surface area (Å²) in [6.07, 6.45) is 3.32. The van der Waals surface area contributed by atoms with Crippen molar-refractivity contribution < 1.29 is 28.6 Å². The lowest BCUT2D eigenvalue weighted by atomic mass is 10.1. The number of fused-ring (bicyclic) bond motifs is 1. The summed E-state index contributed by atoms with van der Waals surface area (Å²) < 4.78 is 26.0. The number of carbonyl (C=O) groups is 1. The first-order chi connectivity index (χ1) is 16.8. The van der Waals surface area contributed by atoms with Gasteiger partial charge in [-0.05, 0) is 31.0 Å². The van der Waals surface area contributed by atoms with Gasteiger partial charge in [0.05, 0.1) is 18.1 Å². The third-order valence-electron chi connectivity index (χ3n) is 5.72. The Labute approximate surface area is 206 Å². The van der Waals surface area contributed by atoms with Crippen LogP contribution in [0, 0.1) is 0 Å². The smallest absolute Gasteiger partial charge is 0.280 e. The fourth-order valence-corrected chi connectivity index (χ4v) is 5.91. The van der Waals surface area contributed by atoms with Crippen molar-refractivity contribution in [2.24, 2.45) is 5.16 Å². The summed E-state index contributed by atoms with van der Waals surface area (Å²) in [6.45, 7) is 0. The maximum atomic E-state index is 13.2. The monoisotopic (exact) mass is 516 g/mol. The zero-order chi connectivity index (χ0) is 24.6. The number of nitrogens with zero attached hydrogens (tertiary/aromatic N) is 3. The Hall–Kier alpha value is -3.03. The van der Waals surface area contributed by atoms with Crippen LogP contribution < -0.4 is 10.1 Å². The quantitative estimate of drug-likeness (QED) is 0.255. The number of amides is 1.